The van der Waals surface area contributed by atoms with Crippen molar-refractivity contribution in [3.05, 3.63) is 35.9 Å². The summed E-state index contributed by atoms with van der Waals surface area (Å²) >= 11 is 8.56. The van der Waals surface area contributed by atoms with E-state index in [1.807, 2.05) is 0 Å². The maximum absolute atomic E-state index is 4.28. The third kappa shape index (κ3) is 3.65. The highest BCUT2D eigenvalue weighted by Crippen LogP contribution is 2.23. The quantitative estimate of drug-likeness (QED) is 0.687. The molecule has 1 aromatic rings. The first kappa shape index (κ1) is 11.0. The Morgan fingerprint density at radius 2 is 1.46 bits per heavy atom. The molecule has 0 amide bonds. The largest absolute Gasteiger partial charge is 0.179 e. The maximum atomic E-state index is 4.28. The Labute approximate surface area is 91.6 Å². The van der Waals surface area contributed by atoms with Gasteiger partial charge in [0.15, 0.2) is 0 Å². The number of rotatable bonds is 5. The number of benzene rings is 1. The first-order valence-corrected chi connectivity index (χ1v) is 5.91. The van der Waals surface area contributed by atoms with Crippen LogP contribution in [-0.4, -0.2) is 11.5 Å². The maximum Gasteiger partial charge on any atom is -0.00921 e. The van der Waals surface area contributed by atoms with Crippen LogP contribution in [0, 0.1) is 0 Å². The van der Waals surface area contributed by atoms with Crippen LogP contribution >= 0.6 is 25.3 Å². The second-order valence-electron chi connectivity index (χ2n) is 3.13. The molecule has 0 radical (unpaired) electrons. The van der Waals surface area contributed by atoms with Crippen molar-refractivity contribution in [1.29, 1.82) is 0 Å². The van der Waals surface area contributed by atoms with Crippen LogP contribution in [0.2, 0.25) is 0 Å². The lowest BCUT2D eigenvalue weighted by Crippen LogP contribution is -2.00. The molecular formula is C11H16S2. The van der Waals surface area contributed by atoms with E-state index in [9.17, 15) is 0 Å². The number of hydrogen-bond donors (Lipinski definition) is 2. The van der Waals surface area contributed by atoms with Crippen LogP contribution in [0.4, 0.5) is 0 Å². The van der Waals surface area contributed by atoms with Crippen LogP contribution in [0.5, 0.6) is 0 Å². The van der Waals surface area contributed by atoms with Crippen molar-refractivity contribution < 1.29 is 0 Å². The minimum atomic E-state index is 0.635. The fourth-order valence-corrected chi connectivity index (χ4v) is 2.14. The van der Waals surface area contributed by atoms with Crippen molar-refractivity contribution in [2.45, 2.75) is 18.8 Å². The molecule has 0 spiro atoms. The van der Waals surface area contributed by atoms with Gasteiger partial charge in [0.05, 0.1) is 0 Å². The van der Waals surface area contributed by atoms with Crippen LogP contribution in [0.25, 0.3) is 0 Å². The van der Waals surface area contributed by atoms with Crippen molar-refractivity contribution in [3.8, 4) is 0 Å². The molecule has 0 saturated heterocycles. The molecule has 1 aromatic carbocycles. The summed E-state index contributed by atoms with van der Waals surface area (Å²) in [7, 11) is 0. The average Bonchev–Trinajstić information content (AvgIpc) is 2.19. The Bertz CT molecular complexity index is 215. The van der Waals surface area contributed by atoms with Gasteiger partial charge < -0.3 is 0 Å². The minimum Gasteiger partial charge on any atom is -0.179 e. The zero-order valence-electron chi connectivity index (χ0n) is 7.69. The summed E-state index contributed by atoms with van der Waals surface area (Å²) in [4.78, 5) is 0. The minimum absolute atomic E-state index is 0.635. The van der Waals surface area contributed by atoms with E-state index in [1.54, 1.807) is 0 Å². The van der Waals surface area contributed by atoms with E-state index in [0.717, 1.165) is 24.3 Å². The Hall–Kier alpha value is -0.0800. The standard InChI is InChI=1S/C11H16S2/c12-8-6-11(7-9-13)10-4-2-1-3-5-10/h1-5,11-13H,6-9H2. The van der Waals surface area contributed by atoms with Crippen molar-refractivity contribution in [2.24, 2.45) is 0 Å². The van der Waals surface area contributed by atoms with Gasteiger partial charge in [-0.05, 0) is 35.8 Å². The van der Waals surface area contributed by atoms with Crippen LogP contribution in [-0.2, 0) is 0 Å². The van der Waals surface area contributed by atoms with E-state index >= 15 is 0 Å². The number of hydrogen-bond acceptors (Lipinski definition) is 2. The predicted octanol–water partition coefficient (Wildman–Crippen LogP) is 3.41. The van der Waals surface area contributed by atoms with E-state index in [-0.39, 0.29) is 0 Å². The Kier molecular flexibility index (Phi) is 5.40. The second-order valence-corrected chi connectivity index (χ2v) is 4.03. The van der Waals surface area contributed by atoms with Gasteiger partial charge in [-0.15, -0.1) is 0 Å². The lowest BCUT2D eigenvalue weighted by molar-refractivity contribution is 0.654. The predicted molar refractivity (Wildman–Crippen MR) is 66.1 cm³/mol. The van der Waals surface area contributed by atoms with Crippen LogP contribution in [0.15, 0.2) is 30.3 Å². The lowest BCUT2D eigenvalue weighted by atomic mass is 9.94. The van der Waals surface area contributed by atoms with E-state index in [4.69, 9.17) is 0 Å². The summed E-state index contributed by atoms with van der Waals surface area (Å²) in [6.07, 6.45) is 2.29. The fraction of sp³-hybridized carbons (Fsp3) is 0.455. The summed E-state index contributed by atoms with van der Waals surface area (Å²) in [6.45, 7) is 0. The average molecular weight is 212 g/mol. The third-order valence-electron chi connectivity index (χ3n) is 2.23. The van der Waals surface area contributed by atoms with Gasteiger partial charge in [-0.25, -0.2) is 0 Å². The van der Waals surface area contributed by atoms with E-state index in [0.29, 0.717) is 5.92 Å². The van der Waals surface area contributed by atoms with Gasteiger partial charge in [-0.2, -0.15) is 25.3 Å². The zero-order chi connectivity index (χ0) is 9.52. The van der Waals surface area contributed by atoms with Crippen molar-refractivity contribution >= 4 is 25.3 Å². The molecule has 0 saturated carbocycles. The molecule has 0 heterocycles. The molecule has 0 unspecified atom stereocenters. The highest BCUT2D eigenvalue weighted by Gasteiger charge is 2.08. The Balaban J connectivity index is 2.64. The van der Waals surface area contributed by atoms with Crippen LogP contribution < -0.4 is 0 Å². The van der Waals surface area contributed by atoms with Gasteiger partial charge in [0.2, 0.25) is 0 Å². The van der Waals surface area contributed by atoms with E-state index in [2.05, 4.69) is 55.6 Å². The molecule has 0 aliphatic carbocycles. The summed E-state index contributed by atoms with van der Waals surface area (Å²) in [5.41, 5.74) is 1.42. The van der Waals surface area contributed by atoms with Crippen LogP contribution in [0.3, 0.4) is 0 Å². The molecule has 2 heteroatoms. The van der Waals surface area contributed by atoms with Gasteiger partial charge >= 0.3 is 0 Å². The third-order valence-corrected chi connectivity index (χ3v) is 2.74. The second kappa shape index (κ2) is 6.39. The normalized spacial score (nSPS) is 10.7. The molecule has 0 nitrogen and oxygen atoms in total. The van der Waals surface area contributed by atoms with Crippen LogP contribution in [0.1, 0.15) is 24.3 Å². The van der Waals surface area contributed by atoms with Crippen molar-refractivity contribution in [1.82, 2.24) is 0 Å². The topological polar surface area (TPSA) is 0 Å². The monoisotopic (exact) mass is 212 g/mol. The Morgan fingerprint density at radius 3 is 1.92 bits per heavy atom. The van der Waals surface area contributed by atoms with Gasteiger partial charge in [0.25, 0.3) is 0 Å². The molecule has 72 valence electrons. The van der Waals surface area contributed by atoms with Gasteiger partial charge in [0.1, 0.15) is 0 Å². The first-order valence-electron chi connectivity index (χ1n) is 4.65. The van der Waals surface area contributed by atoms with E-state index < -0.39 is 0 Å². The van der Waals surface area contributed by atoms with Crippen molar-refractivity contribution in [3.63, 3.8) is 0 Å². The summed E-state index contributed by atoms with van der Waals surface area (Å²) < 4.78 is 0. The lowest BCUT2D eigenvalue weighted by Gasteiger charge is -2.14. The zero-order valence-corrected chi connectivity index (χ0v) is 9.48. The summed E-state index contributed by atoms with van der Waals surface area (Å²) in [5.74, 6) is 2.54. The fourth-order valence-electron chi connectivity index (χ4n) is 1.51. The molecule has 13 heavy (non-hydrogen) atoms. The summed E-state index contributed by atoms with van der Waals surface area (Å²) in [6, 6.07) is 10.6. The molecule has 0 fully saturated rings. The highest BCUT2D eigenvalue weighted by molar-refractivity contribution is 7.80. The van der Waals surface area contributed by atoms with E-state index in [1.165, 1.54) is 5.56 Å². The molecule has 0 atom stereocenters. The molecule has 0 aliphatic heterocycles. The number of thiol groups is 2. The molecular weight excluding hydrogens is 196 g/mol. The first-order chi connectivity index (χ1) is 6.38. The molecule has 0 bridgehead atoms. The van der Waals surface area contributed by atoms with Gasteiger partial charge in [-0.1, -0.05) is 30.3 Å². The van der Waals surface area contributed by atoms with Gasteiger partial charge in [0, 0.05) is 0 Å². The molecule has 0 aliphatic rings. The summed E-state index contributed by atoms with van der Waals surface area (Å²) in [5, 5.41) is 0. The smallest absolute Gasteiger partial charge is 0.00921 e. The SMILES string of the molecule is SCCC(CCS)c1ccccc1. The Morgan fingerprint density at radius 1 is 0.923 bits per heavy atom. The van der Waals surface area contributed by atoms with Crippen molar-refractivity contribution in [2.75, 3.05) is 11.5 Å². The molecule has 0 N–H and O–H groups in total. The highest BCUT2D eigenvalue weighted by atomic mass is 32.1. The molecule has 1 rings (SSSR count). The molecule has 0 aromatic heterocycles. The van der Waals surface area contributed by atoms with Gasteiger partial charge in [-0.3, -0.25) is 0 Å².